The third-order valence-electron chi connectivity index (χ3n) is 3.19. The van der Waals surface area contributed by atoms with Crippen LogP contribution in [0.3, 0.4) is 0 Å². The van der Waals surface area contributed by atoms with Crippen molar-refractivity contribution >= 4 is 5.91 Å². The lowest BCUT2D eigenvalue weighted by Gasteiger charge is -2.38. The van der Waals surface area contributed by atoms with Gasteiger partial charge in [0.1, 0.15) is 24.4 Å². The van der Waals surface area contributed by atoms with Crippen LogP contribution in [0.15, 0.2) is 30.3 Å². The highest BCUT2D eigenvalue weighted by atomic mass is 16.6. The molecule has 1 fully saturated rings. The SMILES string of the molecule is O=C(NC[C@H]1O[C@H](O)[C@@H](O)[C@@H](O)[C@@H]1O)c1ccccc1. The molecule has 1 heterocycles. The quantitative estimate of drug-likeness (QED) is 0.447. The van der Waals surface area contributed by atoms with Crippen LogP contribution in [0, 0.1) is 0 Å². The highest BCUT2D eigenvalue weighted by Crippen LogP contribution is 2.19. The van der Waals surface area contributed by atoms with Gasteiger partial charge in [-0.05, 0) is 12.1 Å². The predicted molar refractivity (Wildman–Crippen MR) is 67.7 cm³/mol. The fourth-order valence-corrected chi connectivity index (χ4v) is 1.98. The molecule has 0 spiro atoms. The molecule has 1 aliphatic rings. The molecule has 5 N–H and O–H groups in total. The molecule has 0 radical (unpaired) electrons. The van der Waals surface area contributed by atoms with Gasteiger partial charge >= 0.3 is 0 Å². The molecule has 2 rings (SSSR count). The molecule has 1 aromatic carbocycles. The van der Waals surface area contributed by atoms with Gasteiger partial charge in [-0.2, -0.15) is 0 Å². The number of aliphatic hydroxyl groups is 4. The van der Waals surface area contributed by atoms with Gasteiger partial charge in [0.05, 0.1) is 0 Å². The average Bonchev–Trinajstić information content (AvgIpc) is 2.48. The lowest BCUT2D eigenvalue weighted by molar-refractivity contribution is -0.279. The molecule has 7 nitrogen and oxygen atoms in total. The highest BCUT2D eigenvalue weighted by Gasteiger charge is 2.42. The maximum absolute atomic E-state index is 11.8. The van der Waals surface area contributed by atoms with E-state index in [0.717, 1.165) is 0 Å². The zero-order valence-electron chi connectivity index (χ0n) is 10.6. The Morgan fingerprint density at radius 2 is 1.70 bits per heavy atom. The van der Waals surface area contributed by atoms with Gasteiger partial charge in [-0.25, -0.2) is 0 Å². The van der Waals surface area contributed by atoms with Crippen molar-refractivity contribution in [3.05, 3.63) is 35.9 Å². The fourth-order valence-electron chi connectivity index (χ4n) is 1.98. The molecular weight excluding hydrogens is 266 g/mol. The zero-order valence-corrected chi connectivity index (χ0v) is 10.6. The number of aliphatic hydroxyl groups excluding tert-OH is 4. The van der Waals surface area contributed by atoms with E-state index in [2.05, 4.69) is 5.32 Å². The Morgan fingerprint density at radius 3 is 2.35 bits per heavy atom. The van der Waals surface area contributed by atoms with Crippen molar-refractivity contribution < 1.29 is 30.0 Å². The first-order valence-electron chi connectivity index (χ1n) is 6.21. The number of ether oxygens (including phenoxy) is 1. The van der Waals surface area contributed by atoms with Crippen molar-refractivity contribution in [1.82, 2.24) is 5.32 Å². The number of carbonyl (C=O) groups is 1. The second-order valence-electron chi connectivity index (χ2n) is 4.61. The minimum Gasteiger partial charge on any atom is -0.388 e. The predicted octanol–water partition coefficient (Wildman–Crippen LogP) is -1.78. The van der Waals surface area contributed by atoms with Crippen molar-refractivity contribution in [3.8, 4) is 0 Å². The number of hydrogen-bond acceptors (Lipinski definition) is 6. The number of amides is 1. The first-order valence-corrected chi connectivity index (χ1v) is 6.21. The van der Waals surface area contributed by atoms with Crippen molar-refractivity contribution in [2.75, 3.05) is 6.54 Å². The van der Waals surface area contributed by atoms with Crippen LogP contribution in [0.25, 0.3) is 0 Å². The summed E-state index contributed by atoms with van der Waals surface area (Å²) >= 11 is 0. The first-order chi connectivity index (χ1) is 9.50. The van der Waals surface area contributed by atoms with Crippen molar-refractivity contribution in [2.24, 2.45) is 0 Å². The molecule has 0 aliphatic carbocycles. The first kappa shape index (κ1) is 14.9. The summed E-state index contributed by atoms with van der Waals surface area (Å²) in [5.41, 5.74) is 0.443. The summed E-state index contributed by atoms with van der Waals surface area (Å²) in [6.07, 6.45) is -7.11. The molecule has 1 amide bonds. The molecule has 0 bridgehead atoms. The largest absolute Gasteiger partial charge is 0.388 e. The van der Waals surface area contributed by atoms with E-state index in [0.29, 0.717) is 5.56 Å². The van der Waals surface area contributed by atoms with Crippen LogP contribution in [0.4, 0.5) is 0 Å². The maximum Gasteiger partial charge on any atom is 0.251 e. The van der Waals surface area contributed by atoms with Gasteiger partial charge in [0.2, 0.25) is 0 Å². The number of carbonyl (C=O) groups excluding carboxylic acids is 1. The van der Waals surface area contributed by atoms with Gasteiger partial charge < -0.3 is 30.5 Å². The number of rotatable bonds is 3. The Bertz CT molecular complexity index is 453. The summed E-state index contributed by atoms with van der Waals surface area (Å²) in [4.78, 5) is 11.8. The van der Waals surface area contributed by atoms with E-state index in [1.54, 1.807) is 30.3 Å². The number of benzene rings is 1. The molecule has 20 heavy (non-hydrogen) atoms. The van der Waals surface area contributed by atoms with Crippen LogP contribution in [0.5, 0.6) is 0 Å². The zero-order chi connectivity index (χ0) is 14.7. The normalized spacial score (nSPS) is 33.7. The molecule has 0 aromatic heterocycles. The summed E-state index contributed by atoms with van der Waals surface area (Å²) in [5.74, 6) is -0.364. The summed E-state index contributed by atoms with van der Waals surface area (Å²) in [7, 11) is 0. The van der Waals surface area contributed by atoms with Crippen LogP contribution >= 0.6 is 0 Å². The third kappa shape index (κ3) is 3.14. The van der Waals surface area contributed by atoms with Gasteiger partial charge in [-0.1, -0.05) is 18.2 Å². The molecule has 1 saturated heterocycles. The topological polar surface area (TPSA) is 119 Å². The molecule has 1 aromatic rings. The Labute approximate surface area is 115 Å². The van der Waals surface area contributed by atoms with E-state index >= 15 is 0 Å². The van der Waals surface area contributed by atoms with Crippen molar-refractivity contribution in [2.45, 2.75) is 30.7 Å². The summed E-state index contributed by atoms with van der Waals surface area (Å²) in [6.45, 7) is -0.101. The minimum absolute atomic E-state index is 0.101. The van der Waals surface area contributed by atoms with E-state index in [9.17, 15) is 25.2 Å². The van der Waals surface area contributed by atoms with E-state index < -0.39 is 30.7 Å². The molecular formula is C13H17NO6. The van der Waals surface area contributed by atoms with Crippen molar-refractivity contribution in [3.63, 3.8) is 0 Å². The molecule has 0 saturated carbocycles. The molecule has 110 valence electrons. The summed E-state index contributed by atoms with van der Waals surface area (Å²) in [5, 5.41) is 40.4. The van der Waals surface area contributed by atoms with Crippen LogP contribution in [-0.4, -0.2) is 63.6 Å². The lowest BCUT2D eigenvalue weighted by atomic mass is 9.99. The summed E-state index contributed by atoms with van der Waals surface area (Å²) in [6, 6.07) is 8.45. The van der Waals surface area contributed by atoms with Crippen LogP contribution in [0.2, 0.25) is 0 Å². The second kappa shape index (κ2) is 6.29. The van der Waals surface area contributed by atoms with E-state index in [4.69, 9.17) is 4.74 Å². The highest BCUT2D eigenvalue weighted by molar-refractivity contribution is 5.94. The molecule has 5 atom stereocenters. The van der Waals surface area contributed by atoms with E-state index in [-0.39, 0.29) is 12.5 Å². The van der Waals surface area contributed by atoms with Gasteiger partial charge in [-0.3, -0.25) is 4.79 Å². The molecule has 0 unspecified atom stereocenters. The Kier molecular flexibility index (Phi) is 4.69. The van der Waals surface area contributed by atoms with Crippen LogP contribution in [0.1, 0.15) is 10.4 Å². The van der Waals surface area contributed by atoms with Gasteiger partial charge in [-0.15, -0.1) is 0 Å². The smallest absolute Gasteiger partial charge is 0.251 e. The Morgan fingerprint density at radius 1 is 1.05 bits per heavy atom. The summed E-state index contributed by atoms with van der Waals surface area (Å²) < 4.78 is 4.95. The second-order valence-corrected chi connectivity index (χ2v) is 4.61. The monoisotopic (exact) mass is 283 g/mol. The van der Waals surface area contributed by atoms with E-state index in [1.165, 1.54) is 0 Å². The van der Waals surface area contributed by atoms with Crippen LogP contribution < -0.4 is 5.32 Å². The van der Waals surface area contributed by atoms with Crippen molar-refractivity contribution in [1.29, 1.82) is 0 Å². The fraction of sp³-hybridized carbons (Fsp3) is 0.462. The lowest BCUT2D eigenvalue weighted by Crippen LogP contribution is -2.59. The molecule has 1 aliphatic heterocycles. The van der Waals surface area contributed by atoms with Gasteiger partial charge in [0.15, 0.2) is 6.29 Å². The van der Waals surface area contributed by atoms with E-state index in [1.807, 2.05) is 0 Å². The third-order valence-corrected chi connectivity index (χ3v) is 3.19. The standard InChI is InChI=1S/C13H17NO6/c15-9-8(20-13(19)11(17)10(9)16)6-14-12(18)7-4-2-1-3-5-7/h1-5,8-11,13,15-17,19H,6H2,(H,14,18)/t8-,9-,10+,11+,13+/m1/s1. The van der Waals surface area contributed by atoms with Gasteiger partial charge in [0, 0.05) is 12.1 Å². The number of hydrogen-bond donors (Lipinski definition) is 5. The Balaban J connectivity index is 1.92. The minimum atomic E-state index is -1.60. The molecule has 7 heteroatoms. The van der Waals surface area contributed by atoms with Crippen LogP contribution in [-0.2, 0) is 4.74 Å². The van der Waals surface area contributed by atoms with Gasteiger partial charge in [0.25, 0.3) is 5.91 Å². The Hall–Kier alpha value is -1.51. The number of nitrogens with one attached hydrogen (secondary N) is 1. The average molecular weight is 283 g/mol. The maximum atomic E-state index is 11.8.